The Hall–Kier alpha value is -3.74. The number of pyridine rings is 1. The van der Waals surface area contributed by atoms with Crippen molar-refractivity contribution in [1.29, 1.82) is 0 Å². The number of anilines is 1. The number of ether oxygens (including phenoxy) is 1. The van der Waals surface area contributed by atoms with Crippen LogP contribution in [0.4, 0.5) is 5.82 Å². The lowest BCUT2D eigenvalue weighted by Crippen LogP contribution is -2.15. The molecular weight excluding hydrogens is 366 g/mol. The van der Waals surface area contributed by atoms with Crippen LogP contribution in [0.25, 0.3) is 17.2 Å². The third-order valence-electron chi connectivity index (χ3n) is 4.58. The van der Waals surface area contributed by atoms with Gasteiger partial charge in [0.25, 0.3) is 0 Å². The van der Waals surface area contributed by atoms with Crippen LogP contribution in [-0.4, -0.2) is 31.9 Å². The zero-order valence-electron chi connectivity index (χ0n) is 16.2. The molecule has 0 aliphatic rings. The Morgan fingerprint density at radius 1 is 1.10 bits per heavy atom. The molecule has 7 heteroatoms. The highest BCUT2D eigenvalue weighted by Crippen LogP contribution is 2.25. The van der Waals surface area contributed by atoms with Gasteiger partial charge in [-0.05, 0) is 31.5 Å². The average Bonchev–Trinajstić information content (AvgIpc) is 3.18. The number of aromatic nitrogens is 4. The standard InChI is InChI=1S/C22H21N5O2/c1-3-29-22(28)17-13-24-21(18-14-23-19-11-7-8-12-27(18)19)26-20(17)25-15(2)16-9-5-4-6-10-16/h4-15H,3H2,1-2H3,(H,24,25,26). The molecule has 0 aliphatic carbocycles. The van der Waals surface area contributed by atoms with Gasteiger partial charge in [-0.15, -0.1) is 0 Å². The number of nitrogens with one attached hydrogen (secondary N) is 1. The third kappa shape index (κ3) is 3.80. The molecule has 3 heterocycles. The van der Waals surface area contributed by atoms with Crippen molar-refractivity contribution in [3.8, 4) is 11.5 Å². The summed E-state index contributed by atoms with van der Waals surface area (Å²) in [6.45, 7) is 4.06. The molecule has 0 fully saturated rings. The molecule has 4 aromatic rings. The van der Waals surface area contributed by atoms with Crippen LogP contribution in [-0.2, 0) is 4.74 Å². The summed E-state index contributed by atoms with van der Waals surface area (Å²) in [4.78, 5) is 25.9. The number of rotatable bonds is 6. The van der Waals surface area contributed by atoms with Crippen LogP contribution in [0.5, 0.6) is 0 Å². The van der Waals surface area contributed by atoms with Crippen molar-refractivity contribution >= 4 is 17.4 Å². The van der Waals surface area contributed by atoms with E-state index in [4.69, 9.17) is 4.74 Å². The fraction of sp³-hybridized carbons (Fsp3) is 0.182. The van der Waals surface area contributed by atoms with Gasteiger partial charge in [-0.1, -0.05) is 36.4 Å². The van der Waals surface area contributed by atoms with Crippen LogP contribution < -0.4 is 5.32 Å². The zero-order chi connectivity index (χ0) is 20.2. The lowest BCUT2D eigenvalue weighted by atomic mass is 10.1. The Balaban J connectivity index is 1.75. The van der Waals surface area contributed by atoms with Crippen LogP contribution >= 0.6 is 0 Å². The van der Waals surface area contributed by atoms with Crippen molar-refractivity contribution in [3.05, 3.63) is 78.2 Å². The number of hydrogen-bond acceptors (Lipinski definition) is 6. The smallest absolute Gasteiger partial charge is 0.343 e. The van der Waals surface area contributed by atoms with Crippen molar-refractivity contribution in [2.24, 2.45) is 0 Å². The van der Waals surface area contributed by atoms with E-state index in [0.717, 1.165) is 16.9 Å². The van der Waals surface area contributed by atoms with E-state index in [0.29, 0.717) is 17.2 Å². The average molecular weight is 387 g/mol. The van der Waals surface area contributed by atoms with Gasteiger partial charge in [0.05, 0.1) is 12.8 Å². The van der Waals surface area contributed by atoms with Gasteiger partial charge in [-0.2, -0.15) is 0 Å². The lowest BCUT2D eigenvalue weighted by molar-refractivity contribution is 0.0526. The lowest BCUT2D eigenvalue weighted by Gasteiger charge is -2.17. The summed E-state index contributed by atoms with van der Waals surface area (Å²) in [5, 5.41) is 3.33. The quantitative estimate of drug-likeness (QED) is 0.501. The number of carbonyl (C=O) groups is 1. The van der Waals surface area contributed by atoms with Gasteiger partial charge in [0.2, 0.25) is 0 Å². The predicted octanol–water partition coefficient (Wildman–Crippen LogP) is 4.14. The fourth-order valence-electron chi connectivity index (χ4n) is 3.10. The van der Waals surface area contributed by atoms with E-state index in [-0.39, 0.29) is 12.6 Å². The molecule has 0 aliphatic heterocycles. The summed E-state index contributed by atoms with van der Waals surface area (Å²) in [7, 11) is 0. The topological polar surface area (TPSA) is 81.4 Å². The number of imidazole rings is 1. The normalized spacial score (nSPS) is 11.9. The molecule has 7 nitrogen and oxygen atoms in total. The Morgan fingerprint density at radius 2 is 1.90 bits per heavy atom. The minimum Gasteiger partial charge on any atom is -0.462 e. The van der Waals surface area contributed by atoms with E-state index in [2.05, 4.69) is 20.3 Å². The van der Waals surface area contributed by atoms with Crippen LogP contribution in [0, 0.1) is 0 Å². The molecule has 0 bridgehead atoms. The number of esters is 1. The van der Waals surface area contributed by atoms with E-state index >= 15 is 0 Å². The molecule has 1 unspecified atom stereocenters. The number of hydrogen-bond donors (Lipinski definition) is 1. The number of carbonyl (C=O) groups excluding carboxylic acids is 1. The van der Waals surface area contributed by atoms with Gasteiger partial charge >= 0.3 is 5.97 Å². The van der Waals surface area contributed by atoms with Crippen molar-refractivity contribution in [1.82, 2.24) is 19.4 Å². The van der Waals surface area contributed by atoms with Crippen LogP contribution in [0.1, 0.15) is 35.8 Å². The second kappa shape index (κ2) is 8.10. The second-order valence-corrected chi connectivity index (χ2v) is 6.53. The first kappa shape index (κ1) is 18.6. The van der Waals surface area contributed by atoms with Gasteiger partial charge in [-0.25, -0.2) is 19.7 Å². The fourth-order valence-corrected chi connectivity index (χ4v) is 3.10. The maximum atomic E-state index is 12.4. The van der Waals surface area contributed by atoms with Crippen LogP contribution in [0.15, 0.2) is 67.1 Å². The molecule has 0 spiro atoms. The summed E-state index contributed by atoms with van der Waals surface area (Å²) in [5.74, 6) is 0.440. The summed E-state index contributed by atoms with van der Waals surface area (Å²) in [6, 6.07) is 15.7. The van der Waals surface area contributed by atoms with E-state index in [9.17, 15) is 4.79 Å². The summed E-state index contributed by atoms with van der Waals surface area (Å²) in [6.07, 6.45) is 5.13. The maximum Gasteiger partial charge on any atom is 0.343 e. The molecule has 0 saturated heterocycles. The molecule has 3 aromatic heterocycles. The number of fused-ring (bicyclic) bond motifs is 1. The SMILES string of the molecule is CCOC(=O)c1cnc(-c2cnc3ccccn23)nc1NC(C)c1ccccc1. The van der Waals surface area contributed by atoms with E-state index < -0.39 is 5.97 Å². The molecule has 1 atom stereocenters. The molecule has 4 rings (SSSR count). The Labute approximate surface area is 168 Å². The Morgan fingerprint density at radius 3 is 2.69 bits per heavy atom. The third-order valence-corrected chi connectivity index (χ3v) is 4.58. The van der Waals surface area contributed by atoms with Crippen molar-refractivity contribution in [2.45, 2.75) is 19.9 Å². The maximum absolute atomic E-state index is 12.4. The molecular formula is C22H21N5O2. The van der Waals surface area contributed by atoms with E-state index in [1.54, 1.807) is 13.1 Å². The minimum absolute atomic E-state index is 0.0608. The first-order chi connectivity index (χ1) is 14.2. The predicted molar refractivity (Wildman–Crippen MR) is 111 cm³/mol. The van der Waals surface area contributed by atoms with Crippen molar-refractivity contribution in [2.75, 3.05) is 11.9 Å². The van der Waals surface area contributed by atoms with E-state index in [1.807, 2.05) is 66.1 Å². The number of nitrogens with zero attached hydrogens (tertiary/aromatic N) is 4. The Bertz CT molecular complexity index is 1140. The Kier molecular flexibility index (Phi) is 5.20. The molecule has 1 N–H and O–H groups in total. The monoisotopic (exact) mass is 387 g/mol. The molecule has 1 aromatic carbocycles. The molecule has 0 saturated carbocycles. The highest BCUT2D eigenvalue weighted by molar-refractivity contribution is 5.94. The van der Waals surface area contributed by atoms with Gasteiger partial charge in [0.1, 0.15) is 22.7 Å². The highest BCUT2D eigenvalue weighted by Gasteiger charge is 2.19. The van der Waals surface area contributed by atoms with Gasteiger partial charge in [-0.3, -0.25) is 4.40 Å². The van der Waals surface area contributed by atoms with Crippen LogP contribution in [0.2, 0.25) is 0 Å². The zero-order valence-corrected chi connectivity index (χ0v) is 16.2. The van der Waals surface area contributed by atoms with Gasteiger partial charge in [0.15, 0.2) is 5.82 Å². The summed E-state index contributed by atoms with van der Waals surface area (Å²) >= 11 is 0. The van der Waals surface area contributed by atoms with Gasteiger partial charge in [0, 0.05) is 18.4 Å². The highest BCUT2D eigenvalue weighted by atomic mass is 16.5. The van der Waals surface area contributed by atoms with Crippen molar-refractivity contribution in [3.63, 3.8) is 0 Å². The first-order valence-corrected chi connectivity index (χ1v) is 9.45. The second-order valence-electron chi connectivity index (χ2n) is 6.53. The number of benzene rings is 1. The van der Waals surface area contributed by atoms with E-state index in [1.165, 1.54) is 6.20 Å². The first-order valence-electron chi connectivity index (χ1n) is 9.45. The molecule has 146 valence electrons. The minimum atomic E-state index is -0.458. The molecule has 0 radical (unpaired) electrons. The van der Waals surface area contributed by atoms with Crippen molar-refractivity contribution < 1.29 is 9.53 Å². The summed E-state index contributed by atoms with van der Waals surface area (Å²) in [5.41, 5.74) is 2.92. The molecule has 0 amide bonds. The van der Waals surface area contributed by atoms with Crippen LogP contribution in [0.3, 0.4) is 0 Å². The summed E-state index contributed by atoms with van der Waals surface area (Å²) < 4.78 is 7.09. The van der Waals surface area contributed by atoms with Gasteiger partial charge < -0.3 is 10.1 Å². The largest absolute Gasteiger partial charge is 0.462 e. The molecule has 29 heavy (non-hydrogen) atoms.